The number of hydrogen-bond acceptors (Lipinski definition) is 5. The van der Waals surface area contributed by atoms with Crippen molar-refractivity contribution in [3.63, 3.8) is 0 Å². The van der Waals surface area contributed by atoms with E-state index in [0.29, 0.717) is 18.1 Å². The molecule has 0 aliphatic carbocycles. The van der Waals surface area contributed by atoms with E-state index < -0.39 is 0 Å². The van der Waals surface area contributed by atoms with Gasteiger partial charge in [0.05, 0.1) is 22.5 Å². The van der Waals surface area contributed by atoms with Crippen molar-refractivity contribution in [2.24, 2.45) is 0 Å². The second kappa shape index (κ2) is 6.56. The second-order valence-electron chi connectivity index (χ2n) is 4.59. The molecule has 20 heavy (non-hydrogen) atoms. The molecule has 2 aromatic rings. The summed E-state index contributed by atoms with van der Waals surface area (Å²) >= 11 is 3.43. The fraction of sp³-hybridized carbons (Fsp3) is 0.286. The monoisotopic (exact) mass is 336 g/mol. The lowest BCUT2D eigenvalue weighted by Crippen LogP contribution is -2.11. The molecule has 2 rings (SSSR count). The summed E-state index contributed by atoms with van der Waals surface area (Å²) in [5.41, 5.74) is 7.26. The number of hydrogen-bond donors (Lipinski definition) is 2. The molecule has 106 valence electrons. The molecule has 6 heteroatoms. The second-order valence-corrected chi connectivity index (χ2v) is 5.44. The van der Waals surface area contributed by atoms with Gasteiger partial charge >= 0.3 is 0 Å². The molecule has 0 amide bonds. The molecule has 0 aliphatic heterocycles. The maximum Gasteiger partial charge on any atom is 0.218 e. The van der Waals surface area contributed by atoms with E-state index >= 15 is 0 Å². The maximum absolute atomic E-state index is 5.68. The molecule has 0 atom stereocenters. The van der Waals surface area contributed by atoms with Gasteiger partial charge in [0, 0.05) is 18.3 Å². The van der Waals surface area contributed by atoms with Gasteiger partial charge in [0.1, 0.15) is 5.82 Å². The van der Waals surface area contributed by atoms with Crippen molar-refractivity contribution in [1.29, 1.82) is 0 Å². The van der Waals surface area contributed by atoms with Gasteiger partial charge < -0.3 is 15.8 Å². The van der Waals surface area contributed by atoms with Crippen molar-refractivity contribution in [3.8, 4) is 5.88 Å². The average molecular weight is 337 g/mol. The molecule has 0 bridgehead atoms. The summed E-state index contributed by atoms with van der Waals surface area (Å²) in [6.45, 7) is 4.53. The fourth-order valence-corrected chi connectivity index (χ4v) is 2.16. The van der Waals surface area contributed by atoms with Gasteiger partial charge in [0.15, 0.2) is 0 Å². The maximum atomic E-state index is 5.68. The Hall–Kier alpha value is -1.82. The van der Waals surface area contributed by atoms with Crippen molar-refractivity contribution in [2.75, 3.05) is 11.1 Å². The lowest BCUT2D eigenvalue weighted by molar-refractivity contribution is 0.230. The fourth-order valence-electron chi connectivity index (χ4n) is 1.65. The van der Waals surface area contributed by atoms with Gasteiger partial charge in [-0.05, 0) is 41.9 Å². The molecular formula is C14H17BrN4O. The molecule has 0 spiro atoms. The van der Waals surface area contributed by atoms with E-state index in [1.807, 2.05) is 32.0 Å². The number of halogens is 1. The highest BCUT2D eigenvalue weighted by Crippen LogP contribution is 2.23. The Labute approximate surface area is 126 Å². The zero-order valence-corrected chi connectivity index (χ0v) is 13.0. The number of ether oxygens (including phenoxy) is 1. The standard InChI is InChI=1S/C14H17BrN4O/c1-9(2)20-14-10(4-3-5-17-14)7-18-13-12(15)6-11(16)8-19-13/h3-6,8-9H,7,16H2,1-2H3,(H,18,19). The number of nitrogen functional groups attached to an aromatic ring is 1. The van der Waals surface area contributed by atoms with Gasteiger partial charge in [-0.1, -0.05) is 6.07 Å². The topological polar surface area (TPSA) is 73.1 Å². The lowest BCUT2D eigenvalue weighted by Gasteiger charge is -2.14. The molecule has 2 heterocycles. The number of aromatic nitrogens is 2. The van der Waals surface area contributed by atoms with Crippen LogP contribution in [0.1, 0.15) is 19.4 Å². The average Bonchev–Trinajstić information content (AvgIpc) is 2.39. The van der Waals surface area contributed by atoms with E-state index in [-0.39, 0.29) is 6.10 Å². The predicted octanol–water partition coefficient (Wildman–Crippen LogP) is 3.22. The Morgan fingerprint density at radius 2 is 2.20 bits per heavy atom. The lowest BCUT2D eigenvalue weighted by atomic mass is 10.2. The smallest absolute Gasteiger partial charge is 0.218 e. The molecule has 0 radical (unpaired) electrons. The van der Waals surface area contributed by atoms with E-state index in [0.717, 1.165) is 15.9 Å². The number of nitrogens with one attached hydrogen (secondary N) is 1. The third kappa shape index (κ3) is 3.84. The van der Waals surface area contributed by atoms with Crippen molar-refractivity contribution in [2.45, 2.75) is 26.5 Å². The number of pyridine rings is 2. The Morgan fingerprint density at radius 3 is 2.90 bits per heavy atom. The highest BCUT2D eigenvalue weighted by Gasteiger charge is 2.08. The first-order valence-electron chi connectivity index (χ1n) is 6.31. The van der Waals surface area contributed by atoms with Crippen LogP contribution in [0, 0.1) is 0 Å². The molecule has 5 nitrogen and oxygen atoms in total. The Kier molecular flexibility index (Phi) is 4.79. The number of nitrogens with zero attached hydrogens (tertiary/aromatic N) is 2. The van der Waals surface area contributed by atoms with Crippen LogP contribution < -0.4 is 15.8 Å². The molecule has 0 saturated heterocycles. The van der Waals surface area contributed by atoms with E-state index in [4.69, 9.17) is 10.5 Å². The van der Waals surface area contributed by atoms with Crippen molar-refractivity contribution >= 4 is 27.4 Å². The van der Waals surface area contributed by atoms with Crippen LogP contribution in [0.3, 0.4) is 0 Å². The minimum Gasteiger partial charge on any atom is -0.475 e. The summed E-state index contributed by atoms with van der Waals surface area (Å²) < 4.78 is 6.51. The zero-order chi connectivity index (χ0) is 14.5. The minimum atomic E-state index is 0.0880. The Morgan fingerprint density at radius 1 is 1.40 bits per heavy atom. The molecule has 0 saturated carbocycles. The van der Waals surface area contributed by atoms with Crippen LogP contribution in [0.2, 0.25) is 0 Å². The first kappa shape index (κ1) is 14.6. The summed E-state index contributed by atoms with van der Waals surface area (Å²) in [6, 6.07) is 5.67. The molecular weight excluding hydrogens is 320 g/mol. The summed E-state index contributed by atoms with van der Waals surface area (Å²) in [7, 11) is 0. The zero-order valence-electron chi connectivity index (χ0n) is 11.4. The predicted molar refractivity (Wildman–Crippen MR) is 83.7 cm³/mol. The van der Waals surface area contributed by atoms with Gasteiger partial charge in [-0.15, -0.1) is 0 Å². The van der Waals surface area contributed by atoms with Crippen LogP contribution in [0.15, 0.2) is 35.1 Å². The molecule has 2 aromatic heterocycles. The van der Waals surface area contributed by atoms with Gasteiger partial charge in [0.2, 0.25) is 5.88 Å². The summed E-state index contributed by atoms with van der Waals surface area (Å²) in [5.74, 6) is 1.38. The largest absolute Gasteiger partial charge is 0.475 e. The molecule has 0 fully saturated rings. The van der Waals surface area contributed by atoms with E-state index in [1.165, 1.54) is 0 Å². The van der Waals surface area contributed by atoms with Gasteiger partial charge in [-0.2, -0.15) is 0 Å². The molecule has 0 aromatic carbocycles. The van der Waals surface area contributed by atoms with Crippen LogP contribution in [0.4, 0.5) is 11.5 Å². The summed E-state index contributed by atoms with van der Waals surface area (Å²) in [4.78, 5) is 8.49. The summed E-state index contributed by atoms with van der Waals surface area (Å²) in [5, 5.41) is 3.24. The number of rotatable bonds is 5. The van der Waals surface area contributed by atoms with E-state index in [1.54, 1.807) is 12.4 Å². The third-order valence-corrected chi connectivity index (χ3v) is 3.11. The number of nitrogens with two attached hydrogens (primary N) is 1. The van der Waals surface area contributed by atoms with Gasteiger partial charge in [0.25, 0.3) is 0 Å². The van der Waals surface area contributed by atoms with Crippen molar-refractivity contribution in [1.82, 2.24) is 9.97 Å². The van der Waals surface area contributed by atoms with Crippen LogP contribution >= 0.6 is 15.9 Å². The highest BCUT2D eigenvalue weighted by atomic mass is 79.9. The van der Waals surface area contributed by atoms with E-state index in [9.17, 15) is 0 Å². The van der Waals surface area contributed by atoms with Gasteiger partial charge in [-0.25, -0.2) is 9.97 Å². The SMILES string of the molecule is CC(C)Oc1ncccc1CNc1ncc(N)cc1Br. The molecule has 0 aliphatic rings. The van der Waals surface area contributed by atoms with Crippen LogP contribution in [-0.4, -0.2) is 16.1 Å². The van der Waals surface area contributed by atoms with Crippen LogP contribution in [0.25, 0.3) is 0 Å². The van der Waals surface area contributed by atoms with Crippen LogP contribution in [-0.2, 0) is 6.54 Å². The van der Waals surface area contributed by atoms with Crippen molar-refractivity contribution < 1.29 is 4.74 Å². The van der Waals surface area contributed by atoms with E-state index in [2.05, 4.69) is 31.2 Å². The Bertz CT molecular complexity index is 589. The first-order chi connectivity index (χ1) is 9.56. The first-order valence-corrected chi connectivity index (χ1v) is 7.11. The van der Waals surface area contributed by atoms with Crippen LogP contribution in [0.5, 0.6) is 5.88 Å². The summed E-state index contributed by atoms with van der Waals surface area (Å²) in [6.07, 6.45) is 3.42. The Balaban J connectivity index is 2.10. The molecule has 0 unspecified atom stereocenters. The number of anilines is 2. The van der Waals surface area contributed by atoms with Crippen molar-refractivity contribution in [3.05, 3.63) is 40.6 Å². The minimum absolute atomic E-state index is 0.0880. The normalized spacial score (nSPS) is 10.6. The molecule has 3 N–H and O–H groups in total. The third-order valence-electron chi connectivity index (χ3n) is 2.51. The van der Waals surface area contributed by atoms with Gasteiger partial charge in [-0.3, -0.25) is 0 Å². The quantitative estimate of drug-likeness (QED) is 0.876. The highest BCUT2D eigenvalue weighted by molar-refractivity contribution is 9.10.